The van der Waals surface area contributed by atoms with Crippen molar-refractivity contribution in [2.24, 2.45) is 5.92 Å². The average molecular weight is 214 g/mol. The normalized spacial score (nSPS) is 22.7. The van der Waals surface area contributed by atoms with Crippen LogP contribution < -0.4 is 10.6 Å². The summed E-state index contributed by atoms with van der Waals surface area (Å²) in [5.41, 5.74) is 0. The van der Waals surface area contributed by atoms with Crippen LogP contribution in [0, 0.1) is 5.92 Å². The zero-order valence-electron chi connectivity index (χ0n) is 9.12. The molecule has 5 nitrogen and oxygen atoms in total. The molecule has 0 aliphatic carbocycles. The second-order valence-corrected chi connectivity index (χ2v) is 4.20. The Bertz CT molecular complexity index is 253. The Morgan fingerprint density at radius 1 is 1.67 bits per heavy atom. The number of aliphatic hydroxyl groups is 1. The Morgan fingerprint density at radius 2 is 2.33 bits per heavy atom. The van der Waals surface area contributed by atoms with E-state index in [1.54, 1.807) is 0 Å². The number of rotatable bonds is 4. The summed E-state index contributed by atoms with van der Waals surface area (Å²) < 4.78 is 0. The first-order valence-electron chi connectivity index (χ1n) is 5.25. The molecule has 0 bridgehead atoms. The second-order valence-electron chi connectivity index (χ2n) is 4.20. The quantitative estimate of drug-likeness (QED) is 0.584. The van der Waals surface area contributed by atoms with Gasteiger partial charge < -0.3 is 15.7 Å². The third-order valence-electron chi connectivity index (χ3n) is 2.64. The van der Waals surface area contributed by atoms with E-state index in [4.69, 9.17) is 5.11 Å². The highest BCUT2D eigenvalue weighted by molar-refractivity contribution is 5.90. The van der Waals surface area contributed by atoms with Crippen molar-refractivity contribution in [1.29, 1.82) is 0 Å². The molecule has 5 heteroatoms. The molecular weight excluding hydrogens is 196 g/mol. The van der Waals surface area contributed by atoms with Crippen molar-refractivity contribution in [1.82, 2.24) is 10.6 Å². The molecule has 0 aromatic carbocycles. The molecule has 1 rings (SSSR count). The summed E-state index contributed by atoms with van der Waals surface area (Å²) >= 11 is 0. The van der Waals surface area contributed by atoms with Crippen LogP contribution in [0.15, 0.2) is 0 Å². The number of aliphatic hydroxyl groups excluding tert-OH is 1. The molecule has 2 amide bonds. The minimum Gasteiger partial charge on any atom is -0.394 e. The highest BCUT2D eigenvalue weighted by Gasteiger charge is 2.28. The number of nitrogens with one attached hydrogen (secondary N) is 2. The monoisotopic (exact) mass is 214 g/mol. The van der Waals surface area contributed by atoms with Crippen molar-refractivity contribution in [3.8, 4) is 0 Å². The molecule has 0 saturated carbocycles. The van der Waals surface area contributed by atoms with Gasteiger partial charge in [-0.3, -0.25) is 9.59 Å². The summed E-state index contributed by atoms with van der Waals surface area (Å²) in [6.45, 7) is 3.77. The molecule has 2 atom stereocenters. The summed E-state index contributed by atoms with van der Waals surface area (Å²) in [6.07, 6.45) is 0.949. The molecule has 0 aromatic rings. The van der Waals surface area contributed by atoms with Gasteiger partial charge in [0, 0.05) is 6.42 Å². The van der Waals surface area contributed by atoms with Gasteiger partial charge in [0.1, 0.15) is 6.04 Å². The van der Waals surface area contributed by atoms with Crippen LogP contribution in [0.2, 0.25) is 0 Å². The van der Waals surface area contributed by atoms with E-state index in [1.165, 1.54) is 0 Å². The minimum absolute atomic E-state index is 0.0793. The molecule has 0 spiro atoms. The lowest BCUT2D eigenvalue weighted by Gasteiger charge is -2.21. The molecule has 1 unspecified atom stereocenters. The number of carbonyl (C=O) groups is 2. The van der Waals surface area contributed by atoms with E-state index in [-0.39, 0.29) is 30.4 Å². The fourth-order valence-corrected chi connectivity index (χ4v) is 1.52. The predicted molar refractivity (Wildman–Crippen MR) is 55.0 cm³/mol. The summed E-state index contributed by atoms with van der Waals surface area (Å²) in [6, 6.07) is -0.666. The Kier molecular flexibility index (Phi) is 4.08. The van der Waals surface area contributed by atoms with Crippen molar-refractivity contribution in [2.45, 2.75) is 38.8 Å². The zero-order valence-corrected chi connectivity index (χ0v) is 9.12. The van der Waals surface area contributed by atoms with E-state index in [9.17, 15) is 9.59 Å². The lowest BCUT2D eigenvalue weighted by Crippen LogP contribution is -2.49. The first-order chi connectivity index (χ1) is 7.04. The van der Waals surface area contributed by atoms with E-state index in [0.29, 0.717) is 12.8 Å². The molecule has 86 valence electrons. The van der Waals surface area contributed by atoms with Gasteiger partial charge in [0.2, 0.25) is 11.8 Å². The molecule has 15 heavy (non-hydrogen) atoms. The smallest absolute Gasteiger partial charge is 0.242 e. The van der Waals surface area contributed by atoms with Gasteiger partial charge in [0.15, 0.2) is 0 Å². The summed E-state index contributed by atoms with van der Waals surface area (Å²) in [4.78, 5) is 22.5. The van der Waals surface area contributed by atoms with Crippen LogP contribution in [0.25, 0.3) is 0 Å². The van der Waals surface area contributed by atoms with Crippen LogP contribution in [-0.2, 0) is 9.59 Å². The van der Waals surface area contributed by atoms with E-state index in [1.807, 2.05) is 13.8 Å². The standard InChI is InChI=1S/C10H18N2O3/c1-6(2)8(5-13)12-10(15)7-3-4-9(14)11-7/h6-8,13H,3-5H2,1-2H3,(H,11,14)(H,12,15)/t7?,8-/m1/s1. The van der Waals surface area contributed by atoms with Crippen LogP contribution in [0.1, 0.15) is 26.7 Å². The summed E-state index contributed by atoms with van der Waals surface area (Å²) in [5.74, 6) is -0.107. The van der Waals surface area contributed by atoms with Gasteiger partial charge in [-0.1, -0.05) is 13.8 Å². The highest BCUT2D eigenvalue weighted by atomic mass is 16.3. The first-order valence-corrected chi connectivity index (χ1v) is 5.25. The van der Waals surface area contributed by atoms with Crippen LogP contribution in [0.5, 0.6) is 0 Å². The molecule has 1 fully saturated rings. The van der Waals surface area contributed by atoms with Crippen molar-refractivity contribution < 1.29 is 14.7 Å². The number of hydrogen-bond acceptors (Lipinski definition) is 3. The number of carbonyl (C=O) groups excluding carboxylic acids is 2. The van der Waals surface area contributed by atoms with Crippen molar-refractivity contribution >= 4 is 11.8 Å². The summed E-state index contributed by atoms with van der Waals surface area (Å²) in [5, 5.41) is 14.4. The molecule has 1 heterocycles. The number of hydrogen-bond donors (Lipinski definition) is 3. The van der Waals surface area contributed by atoms with Gasteiger partial charge in [-0.2, -0.15) is 0 Å². The molecule has 3 N–H and O–H groups in total. The molecule has 1 aliphatic rings. The van der Waals surface area contributed by atoms with E-state index in [0.717, 1.165) is 0 Å². The fourth-order valence-electron chi connectivity index (χ4n) is 1.52. The van der Waals surface area contributed by atoms with Crippen molar-refractivity contribution in [2.75, 3.05) is 6.61 Å². The van der Waals surface area contributed by atoms with Crippen LogP contribution >= 0.6 is 0 Å². The van der Waals surface area contributed by atoms with Gasteiger partial charge in [-0.15, -0.1) is 0 Å². The maximum Gasteiger partial charge on any atom is 0.242 e. The maximum atomic E-state index is 11.6. The molecule has 1 aliphatic heterocycles. The SMILES string of the molecule is CC(C)[C@@H](CO)NC(=O)C1CCC(=O)N1. The van der Waals surface area contributed by atoms with Crippen molar-refractivity contribution in [3.05, 3.63) is 0 Å². The maximum absolute atomic E-state index is 11.6. The van der Waals surface area contributed by atoms with Gasteiger partial charge in [-0.05, 0) is 12.3 Å². The van der Waals surface area contributed by atoms with Crippen LogP contribution in [0.3, 0.4) is 0 Å². The van der Waals surface area contributed by atoms with Crippen molar-refractivity contribution in [3.63, 3.8) is 0 Å². The highest BCUT2D eigenvalue weighted by Crippen LogP contribution is 2.08. The van der Waals surface area contributed by atoms with E-state index in [2.05, 4.69) is 10.6 Å². The topological polar surface area (TPSA) is 78.4 Å². The molecule has 1 saturated heterocycles. The Labute approximate surface area is 89.2 Å². The molecule has 0 radical (unpaired) electrons. The van der Waals surface area contributed by atoms with E-state index >= 15 is 0 Å². The Balaban J connectivity index is 2.44. The predicted octanol–water partition coefficient (Wildman–Crippen LogP) is -0.602. The Morgan fingerprint density at radius 3 is 2.73 bits per heavy atom. The van der Waals surface area contributed by atoms with Gasteiger partial charge in [0.25, 0.3) is 0 Å². The van der Waals surface area contributed by atoms with E-state index < -0.39 is 6.04 Å². The molecule has 0 aromatic heterocycles. The lowest BCUT2D eigenvalue weighted by molar-refractivity contribution is -0.126. The fraction of sp³-hybridized carbons (Fsp3) is 0.800. The third kappa shape index (κ3) is 3.20. The summed E-state index contributed by atoms with van der Waals surface area (Å²) in [7, 11) is 0. The third-order valence-corrected chi connectivity index (χ3v) is 2.64. The van der Waals surface area contributed by atoms with Crippen LogP contribution in [-0.4, -0.2) is 35.6 Å². The number of amides is 2. The van der Waals surface area contributed by atoms with Gasteiger partial charge >= 0.3 is 0 Å². The Hall–Kier alpha value is -1.10. The zero-order chi connectivity index (χ0) is 11.4. The average Bonchev–Trinajstić information content (AvgIpc) is 2.60. The minimum atomic E-state index is -0.426. The van der Waals surface area contributed by atoms with Gasteiger partial charge in [0.05, 0.1) is 12.6 Å². The second kappa shape index (κ2) is 5.11. The van der Waals surface area contributed by atoms with Gasteiger partial charge in [-0.25, -0.2) is 0 Å². The largest absolute Gasteiger partial charge is 0.394 e. The molecular formula is C10H18N2O3. The van der Waals surface area contributed by atoms with Crippen LogP contribution in [0.4, 0.5) is 0 Å². The lowest BCUT2D eigenvalue weighted by atomic mass is 10.0. The first kappa shape index (κ1) is 12.0.